The van der Waals surface area contributed by atoms with Gasteiger partial charge in [0.1, 0.15) is 0 Å². The van der Waals surface area contributed by atoms with E-state index in [2.05, 4.69) is 15.3 Å². The quantitative estimate of drug-likeness (QED) is 0.835. The Morgan fingerprint density at radius 3 is 2.80 bits per heavy atom. The van der Waals surface area contributed by atoms with E-state index in [1.807, 2.05) is 6.92 Å². The Hall–Kier alpha value is -1.89. The number of amides is 1. The van der Waals surface area contributed by atoms with Gasteiger partial charge in [0.25, 0.3) is 5.56 Å². The number of nitrogens with one attached hydrogen (secondary N) is 1. The zero-order chi connectivity index (χ0) is 17.6. The van der Waals surface area contributed by atoms with Crippen molar-refractivity contribution in [3.63, 3.8) is 0 Å². The highest BCUT2D eigenvalue weighted by molar-refractivity contribution is 5.79. The molecule has 7 heteroatoms. The third-order valence-electron chi connectivity index (χ3n) is 5.05. The van der Waals surface area contributed by atoms with Gasteiger partial charge in [0.05, 0.1) is 18.0 Å². The molecule has 3 rings (SSSR count). The lowest BCUT2D eigenvalue weighted by molar-refractivity contribution is -0.126. The van der Waals surface area contributed by atoms with Gasteiger partial charge in [0.2, 0.25) is 5.91 Å². The summed E-state index contributed by atoms with van der Waals surface area (Å²) in [7, 11) is 0. The summed E-state index contributed by atoms with van der Waals surface area (Å²) in [4.78, 5) is 26.5. The molecule has 0 aliphatic carbocycles. The fourth-order valence-corrected chi connectivity index (χ4v) is 3.54. The monoisotopic (exact) mass is 348 g/mol. The number of anilines is 1. The van der Waals surface area contributed by atoms with Gasteiger partial charge in [0.15, 0.2) is 0 Å². The highest BCUT2D eigenvalue weighted by Crippen LogP contribution is 2.22. The number of piperidine rings is 1. The Labute approximate surface area is 148 Å². The second kappa shape index (κ2) is 8.47. The Morgan fingerprint density at radius 2 is 2.16 bits per heavy atom. The summed E-state index contributed by atoms with van der Waals surface area (Å²) >= 11 is 0. The van der Waals surface area contributed by atoms with Gasteiger partial charge in [-0.2, -0.15) is 5.10 Å². The molecule has 0 saturated carbocycles. The number of nitrogens with zero attached hydrogens (tertiary/aromatic N) is 3. The van der Waals surface area contributed by atoms with Crippen LogP contribution in [0.25, 0.3) is 0 Å². The lowest BCUT2D eigenvalue weighted by Crippen LogP contribution is -2.42. The third kappa shape index (κ3) is 4.60. The third-order valence-corrected chi connectivity index (χ3v) is 5.05. The molecular weight excluding hydrogens is 320 g/mol. The first kappa shape index (κ1) is 17.9. The Kier molecular flexibility index (Phi) is 6.07. The van der Waals surface area contributed by atoms with Crippen LogP contribution >= 0.6 is 0 Å². The van der Waals surface area contributed by atoms with E-state index in [9.17, 15) is 9.59 Å². The summed E-state index contributed by atoms with van der Waals surface area (Å²) in [5.74, 6) is 0.178. The summed E-state index contributed by atoms with van der Waals surface area (Å²) in [6.07, 6.45) is 6.56. The van der Waals surface area contributed by atoms with Crippen LogP contribution in [0.1, 0.15) is 39.0 Å². The molecule has 1 N–H and O–H groups in total. The molecule has 2 aliphatic rings. The molecule has 1 unspecified atom stereocenters. The van der Waals surface area contributed by atoms with E-state index in [0.717, 1.165) is 57.5 Å². The lowest BCUT2D eigenvalue weighted by atomic mass is 9.95. The Morgan fingerprint density at radius 1 is 1.36 bits per heavy atom. The molecule has 25 heavy (non-hydrogen) atoms. The van der Waals surface area contributed by atoms with Gasteiger partial charge >= 0.3 is 0 Å². The molecule has 2 aliphatic heterocycles. The van der Waals surface area contributed by atoms with Gasteiger partial charge in [-0.3, -0.25) is 9.59 Å². The van der Waals surface area contributed by atoms with Gasteiger partial charge in [-0.05, 0) is 32.1 Å². The molecule has 7 nitrogen and oxygen atoms in total. The average Bonchev–Trinajstić information content (AvgIpc) is 3.15. The van der Waals surface area contributed by atoms with Crippen LogP contribution in [-0.4, -0.2) is 48.0 Å². The smallest absolute Gasteiger partial charge is 0.268 e. The zero-order valence-corrected chi connectivity index (χ0v) is 14.9. The average molecular weight is 348 g/mol. The SMILES string of the molecule is CCCn1ncc(N2CCC(C(=O)NCC3CCCO3)CC2)cc1=O. The first-order chi connectivity index (χ1) is 12.2. The molecule has 0 spiro atoms. The highest BCUT2D eigenvalue weighted by Gasteiger charge is 2.26. The molecule has 1 aromatic heterocycles. The maximum atomic E-state index is 12.3. The van der Waals surface area contributed by atoms with Gasteiger partial charge < -0.3 is 15.0 Å². The van der Waals surface area contributed by atoms with E-state index >= 15 is 0 Å². The van der Waals surface area contributed by atoms with Crippen LogP contribution < -0.4 is 15.8 Å². The van der Waals surface area contributed by atoms with Crippen molar-refractivity contribution in [2.75, 3.05) is 31.1 Å². The molecule has 1 atom stereocenters. The minimum absolute atomic E-state index is 0.0473. The molecule has 138 valence electrons. The molecule has 0 radical (unpaired) electrons. The number of rotatable bonds is 6. The molecular formula is C18H28N4O3. The number of hydrogen-bond donors (Lipinski definition) is 1. The van der Waals surface area contributed by atoms with Gasteiger partial charge in [0, 0.05) is 44.8 Å². The van der Waals surface area contributed by atoms with Crippen molar-refractivity contribution < 1.29 is 9.53 Å². The second-order valence-corrected chi connectivity index (χ2v) is 6.92. The summed E-state index contributed by atoms with van der Waals surface area (Å²) in [5, 5.41) is 7.27. The van der Waals surface area contributed by atoms with Crippen molar-refractivity contribution in [3.8, 4) is 0 Å². The van der Waals surface area contributed by atoms with Gasteiger partial charge in [-0.15, -0.1) is 0 Å². The number of carbonyl (C=O) groups is 1. The number of ether oxygens (including phenoxy) is 1. The van der Waals surface area contributed by atoms with Crippen LogP contribution in [0.5, 0.6) is 0 Å². The summed E-state index contributed by atoms with van der Waals surface area (Å²) < 4.78 is 7.04. The number of aromatic nitrogens is 2. The Bertz CT molecular complexity index is 631. The number of aryl methyl sites for hydroxylation is 1. The van der Waals surface area contributed by atoms with Crippen molar-refractivity contribution in [1.29, 1.82) is 0 Å². The van der Waals surface area contributed by atoms with E-state index < -0.39 is 0 Å². The first-order valence-electron chi connectivity index (χ1n) is 9.39. The van der Waals surface area contributed by atoms with Crippen LogP contribution in [0.3, 0.4) is 0 Å². The van der Waals surface area contributed by atoms with Crippen LogP contribution in [0, 0.1) is 5.92 Å². The molecule has 1 amide bonds. The minimum atomic E-state index is -0.0595. The van der Waals surface area contributed by atoms with Crippen LogP contribution in [0.4, 0.5) is 5.69 Å². The van der Waals surface area contributed by atoms with Crippen molar-refractivity contribution in [2.45, 2.75) is 51.7 Å². The summed E-state index contributed by atoms with van der Waals surface area (Å²) in [6.45, 7) is 5.65. The van der Waals surface area contributed by atoms with Gasteiger partial charge in [-0.1, -0.05) is 6.92 Å². The first-order valence-corrected chi connectivity index (χ1v) is 9.39. The maximum Gasteiger partial charge on any atom is 0.268 e. The van der Waals surface area contributed by atoms with E-state index in [1.165, 1.54) is 4.68 Å². The maximum absolute atomic E-state index is 12.3. The second-order valence-electron chi connectivity index (χ2n) is 6.92. The lowest BCUT2D eigenvalue weighted by Gasteiger charge is -2.32. The predicted molar refractivity (Wildman–Crippen MR) is 95.7 cm³/mol. The van der Waals surface area contributed by atoms with Crippen molar-refractivity contribution in [3.05, 3.63) is 22.6 Å². The number of hydrogen-bond acceptors (Lipinski definition) is 5. The largest absolute Gasteiger partial charge is 0.376 e. The fraction of sp³-hybridized carbons (Fsp3) is 0.722. The van der Waals surface area contributed by atoms with Crippen molar-refractivity contribution in [1.82, 2.24) is 15.1 Å². The van der Waals surface area contributed by atoms with Crippen molar-refractivity contribution >= 4 is 11.6 Å². The van der Waals surface area contributed by atoms with Crippen molar-refractivity contribution in [2.24, 2.45) is 5.92 Å². The molecule has 1 aromatic rings. The molecule has 0 bridgehead atoms. The topological polar surface area (TPSA) is 76.5 Å². The minimum Gasteiger partial charge on any atom is -0.376 e. The molecule has 0 aromatic carbocycles. The molecule has 3 heterocycles. The van der Waals surface area contributed by atoms with E-state index in [4.69, 9.17) is 4.74 Å². The van der Waals surface area contributed by atoms with Crippen LogP contribution in [0.15, 0.2) is 17.1 Å². The normalized spacial score (nSPS) is 21.5. The highest BCUT2D eigenvalue weighted by atomic mass is 16.5. The van der Waals surface area contributed by atoms with E-state index in [-0.39, 0.29) is 23.5 Å². The fourth-order valence-electron chi connectivity index (χ4n) is 3.54. The summed E-state index contributed by atoms with van der Waals surface area (Å²) in [6, 6.07) is 1.65. The number of carbonyl (C=O) groups excluding carboxylic acids is 1. The van der Waals surface area contributed by atoms with Crippen LogP contribution in [0.2, 0.25) is 0 Å². The van der Waals surface area contributed by atoms with Gasteiger partial charge in [-0.25, -0.2) is 4.68 Å². The van der Waals surface area contributed by atoms with Crippen LogP contribution in [-0.2, 0) is 16.1 Å². The summed E-state index contributed by atoms with van der Waals surface area (Å²) in [5.41, 5.74) is 0.798. The standard InChI is InChI=1S/C18H28N4O3/c1-2-7-22-17(23)11-15(12-20-22)21-8-5-14(6-9-21)18(24)19-13-16-4-3-10-25-16/h11-12,14,16H,2-10,13H2,1H3,(H,19,24). The Balaban J connectivity index is 1.48. The molecule has 2 saturated heterocycles. The predicted octanol–water partition coefficient (Wildman–Crippen LogP) is 1.16. The molecule has 2 fully saturated rings. The van der Waals surface area contributed by atoms with E-state index in [0.29, 0.717) is 13.1 Å². The zero-order valence-electron chi connectivity index (χ0n) is 14.9. The van der Waals surface area contributed by atoms with E-state index in [1.54, 1.807) is 12.3 Å².